The first kappa shape index (κ1) is 17.2. The smallest absolute Gasteiger partial charge is 0.326 e. The summed E-state index contributed by atoms with van der Waals surface area (Å²) in [5.74, 6) is -0.208. The van der Waals surface area contributed by atoms with Gasteiger partial charge in [-0.05, 0) is 18.1 Å². The maximum absolute atomic E-state index is 12.2. The van der Waals surface area contributed by atoms with Gasteiger partial charge in [0.05, 0.1) is 31.8 Å². The van der Waals surface area contributed by atoms with Crippen molar-refractivity contribution in [3.63, 3.8) is 0 Å². The van der Waals surface area contributed by atoms with Crippen LogP contribution in [0.15, 0.2) is 60.7 Å². The van der Waals surface area contributed by atoms with Gasteiger partial charge in [-0.3, -0.25) is 9.63 Å². The highest BCUT2D eigenvalue weighted by atomic mass is 16.7. The van der Waals surface area contributed by atoms with Crippen LogP contribution in [0.2, 0.25) is 0 Å². The Bertz CT molecular complexity index is 736. The van der Waals surface area contributed by atoms with Gasteiger partial charge in [-0.25, -0.2) is 0 Å². The number of hydrogen-bond acceptors (Lipinski definition) is 5. The molecule has 4 rings (SSSR count). The molecule has 5 heteroatoms. The third-order valence-electron chi connectivity index (χ3n) is 5.05. The van der Waals surface area contributed by atoms with Crippen LogP contribution in [0, 0.1) is 5.92 Å². The van der Waals surface area contributed by atoms with Crippen LogP contribution in [0.1, 0.15) is 18.1 Å². The van der Waals surface area contributed by atoms with E-state index in [0.29, 0.717) is 19.8 Å². The summed E-state index contributed by atoms with van der Waals surface area (Å²) in [6, 6.07) is 19.7. The van der Waals surface area contributed by atoms with Crippen LogP contribution in [0.25, 0.3) is 0 Å². The van der Waals surface area contributed by atoms with Gasteiger partial charge in [0.15, 0.2) is 0 Å². The first-order valence-corrected chi connectivity index (χ1v) is 9.02. The van der Waals surface area contributed by atoms with E-state index in [0.717, 1.165) is 11.1 Å². The van der Waals surface area contributed by atoms with Crippen molar-refractivity contribution in [2.45, 2.75) is 38.3 Å². The van der Waals surface area contributed by atoms with Crippen LogP contribution < -0.4 is 0 Å². The fourth-order valence-corrected chi connectivity index (χ4v) is 3.66. The number of cyclic esters (lactones) is 1. The Labute approximate surface area is 153 Å². The maximum atomic E-state index is 12.2. The summed E-state index contributed by atoms with van der Waals surface area (Å²) in [5.41, 5.74) is 2.22. The van der Waals surface area contributed by atoms with Gasteiger partial charge in [-0.15, -0.1) is 0 Å². The van der Waals surface area contributed by atoms with Crippen molar-refractivity contribution in [3.8, 4) is 0 Å². The lowest BCUT2D eigenvalue weighted by atomic mass is 9.94. The zero-order chi connectivity index (χ0) is 17.9. The number of rotatable bonds is 6. The Morgan fingerprint density at radius 2 is 1.73 bits per heavy atom. The number of carbonyl (C=O) groups excluding carboxylic acids is 1. The lowest BCUT2D eigenvalue weighted by Gasteiger charge is -2.24. The molecule has 0 aliphatic carbocycles. The van der Waals surface area contributed by atoms with Crippen molar-refractivity contribution >= 4 is 5.97 Å². The second kappa shape index (κ2) is 7.58. The summed E-state index contributed by atoms with van der Waals surface area (Å²) >= 11 is 0. The molecule has 0 saturated carbocycles. The molecule has 2 saturated heterocycles. The molecule has 26 heavy (non-hydrogen) atoms. The number of fused-ring (bicyclic) bond motifs is 1. The Hall–Kier alpha value is -2.21. The molecule has 0 aromatic heterocycles. The van der Waals surface area contributed by atoms with E-state index >= 15 is 0 Å². The maximum Gasteiger partial charge on any atom is 0.326 e. The highest BCUT2D eigenvalue weighted by Crippen LogP contribution is 2.36. The quantitative estimate of drug-likeness (QED) is 0.748. The van der Waals surface area contributed by atoms with Gasteiger partial charge in [0.2, 0.25) is 0 Å². The molecule has 2 aliphatic rings. The highest BCUT2D eigenvalue weighted by Gasteiger charge is 2.54. The summed E-state index contributed by atoms with van der Waals surface area (Å²) in [6.45, 7) is 3.46. The zero-order valence-corrected chi connectivity index (χ0v) is 14.8. The fraction of sp³-hybridized carbons (Fsp3) is 0.381. The largest absolute Gasteiger partial charge is 0.464 e. The van der Waals surface area contributed by atoms with E-state index in [1.54, 1.807) is 5.06 Å². The highest BCUT2D eigenvalue weighted by molar-refractivity contribution is 5.78. The number of carbonyl (C=O) groups is 1. The summed E-state index contributed by atoms with van der Waals surface area (Å²) in [5, 5.41) is 1.77. The van der Waals surface area contributed by atoms with Gasteiger partial charge in [-0.1, -0.05) is 60.7 Å². The molecular formula is C21H23NO4. The third kappa shape index (κ3) is 3.51. The Morgan fingerprint density at radius 3 is 2.42 bits per heavy atom. The Balaban J connectivity index is 1.44. The molecule has 136 valence electrons. The molecule has 2 aromatic carbocycles. The number of nitrogens with zero attached hydrogens (tertiary/aromatic N) is 1. The van der Waals surface area contributed by atoms with E-state index in [1.807, 2.05) is 67.6 Å². The summed E-state index contributed by atoms with van der Waals surface area (Å²) in [4.78, 5) is 18.4. The predicted molar refractivity (Wildman–Crippen MR) is 95.8 cm³/mol. The molecule has 2 aromatic rings. The number of esters is 1. The molecule has 2 heterocycles. The molecule has 0 bridgehead atoms. The second-order valence-electron chi connectivity index (χ2n) is 6.87. The average molecular weight is 353 g/mol. The second-order valence-corrected chi connectivity index (χ2v) is 6.87. The molecule has 2 aliphatic heterocycles. The Kier molecular flexibility index (Phi) is 5.02. The lowest BCUT2D eigenvalue weighted by molar-refractivity contribution is -0.208. The normalized spacial score (nSPS) is 26.5. The SMILES string of the molecule is C[C@H](OCc1ccccc1)[C@@H]1ON(Cc2ccccc2)[C@H]2C(=O)OC[C@H]12. The van der Waals surface area contributed by atoms with Gasteiger partial charge < -0.3 is 9.47 Å². The molecule has 0 radical (unpaired) electrons. The van der Waals surface area contributed by atoms with Gasteiger partial charge in [-0.2, -0.15) is 5.06 Å². The topological polar surface area (TPSA) is 48.0 Å². The van der Waals surface area contributed by atoms with E-state index in [2.05, 4.69) is 0 Å². The monoisotopic (exact) mass is 353 g/mol. The van der Waals surface area contributed by atoms with Crippen LogP contribution in [-0.2, 0) is 32.3 Å². The number of benzene rings is 2. The van der Waals surface area contributed by atoms with Gasteiger partial charge in [0.1, 0.15) is 12.1 Å². The minimum absolute atomic E-state index is 0.00279. The van der Waals surface area contributed by atoms with Crippen molar-refractivity contribution in [1.82, 2.24) is 5.06 Å². The van der Waals surface area contributed by atoms with Gasteiger partial charge >= 0.3 is 5.97 Å². The fourth-order valence-electron chi connectivity index (χ4n) is 3.66. The van der Waals surface area contributed by atoms with Crippen LogP contribution in [0.4, 0.5) is 0 Å². The Morgan fingerprint density at radius 1 is 1.08 bits per heavy atom. The predicted octanol–water partition coefficient (Wildman–Crippen LogP) is 2.95. The standard InChI is InChI=1S/C21H23NO4/c1-15(24-13-17-10-6-3-7-11-17)20-18-14-25-21(23)19(18)22(26-20)12-16-8-4-2-5-9-16/h2-11,15,18-20H,12-14H2,1H3/t15-,18-,19+,20-/m0/s1. The van der Waals surface area contributed by atoms with Crippen molar-refractivity contribution in [3.05, 3.63) is 71.8 Å². The molecule has 2 fully saturated rings. The number of hydroxylamine groups is 2. The van der Waals surface area contributed by atoms with Crippen molar-refractivity contribution in [2.24, 2.45) is 5.92 Å². The van der Waals surface area contributed by atoms with Crippen LogP contribution >= 0.6 is 0 Å². The van der Waals surface area contributed by atoms with Gasteiger partial charge in [0, 0.05) is 0 Å². The van der Waals surface area contributed by atoms with E-state index in [9.17, 15) is 4.79 Å². The number of ether oxygens (including phenoxy) is 2. The molecule has 0 N–H and O–H groups in total. The number of hydrogen-bond donors (Lipinski definition) is 0. The molecule has 0 amide bonds. The van der Waals surface area contributed by atoms with Crippen molar-refractivity contribution in [1.29, 1.82) is 0 Å². The zero-order valence-electron chi connectivity index (χ0n) is 14.8. The molecule has 0 unspecified atom stereocenters. The molecular weight excluding hydrogens is 330 g/mol. The van der Waals surface area contributed by atoms with Crippen molar-refractivity contribution < 1.29 is 19.1 Å². The van der Waals surface area contributed by atoms with E-state index < -0.39 is 0 Å². The first-order valence-electron chi connectivity index (χ1n) is 9.02. The minimum atomic E-state index is -0.358. The molecule has 0 spiro atoms. The van der Waals surface area contributed by atoms with Crippen LogP contribution in [-0.4, -0.2) is 35.9 Å². The summed E-state index contributed by atoms with van der Waals surface area (Å²) in [7, 11) is 0. The third-order valence-corrected chi connectivity index (χ3v) is 5.05. The molecule has 5 nitrogen and oxygen atoms in total. The van der Waals surface area contributed by atoms with E-state index in [1.165, 1.54) is 0 Å². The summed E-state index contributed by atoms with van der Waals surface area (Å²) < 4.78 is 11.4. The first-order chi connectivity index (χ1) is 12.7. The van der Waals surface area contributed by atoms with E-state index in [-0.39, 0.29) is 30.1 Å². The van der Waals surface area contributed by atoms with E-state index in [4.69, 9.17) is 14.3 Å². The van der Waals surface area contributed by atoms with Crippen LogP contribution in [0.5, 0.6) is 0 Å². The average Bonchev–Trinajstić information content (AvgIpc) is 3.23. The minimum Gasteiger partial charge on any atom is -0.464 e. The lowest BCUT2D eigenvalue weighted by Crippen LogP contribution is -2.35. The van der Waals surface area contributed by atoms with Crippen molar-refractivity contribution in [2.75, 3.05) is 6.61 Å². The van der Waals surface area contributed by atoms with Crippen LogP contribution in [0.3, 0.4) is 0 Å². The molecule has 4 atom stereocenters. The summed E-state index contributed by atoms with van der Waals surface area (Å²) in [6.07, 6.45) is -0.336. The van der Waals surface area contributed by atoms with Gasteiger partial charge in [0.25, 0.3) is 0 Å².